The molecule has 25 heavy (non-hydrogen) atoms. The summed E-state index contributed by atoms with van der Waals surface area (Å²) in [5, 5.41) is 0. The van der Waals surface area contributed by atoms with Crippen LogP contribution >= 0.6 is 0 Å². The van der Waals surface area contributed by atoms with Crippen molar-refractivity contribution in [1.29, 1.82) is 0 Å². The predicted molar refractivity (Wildman–Crippen MR) is 97.3 cm³/mol. The smallest absolute Gasteiger partial charge is 0.243 e. The second-order valence-electron chi connectivity index (χ2n) is 6.39. The molecule has 1 saturated heterocycles. The van der Waals surface area contributed by atoms with Gasteiger partial charge in [-0.2, -0.15) is 4.31 Å². The van der Waals surface area contributed by atoms with Crippen LogP contribution in [0.3, 0.4) is 0 Å². The van der Waals surface area contributed by atoms with Crippen LogP contribution in [-0.2, 0) is 10.0 Å². The van der Waals surface area contributed by atoms with E-state index in [-0.39, 0.29) is 5.82 Å². The highest BCUT2D eigenvalue weighted by Crippen LogP contribution is 2.24. The molecule has 132 valence electrons. The maximum absolute atomic E-state index is 12.9. The first kappa shape index (κ1) is 17.8. The summed E-state index contributed by atoms with van der Waals surface area (Å²) in [7, 11) is -3.43. The third-order valence-electron chi connectivity index (χ3n) is 4.45. The first-order valence-electron chi connectivity index (χ1n) is 8.35. The van der Waals surface area contributed by atoms with Crippen molar-refractivity contribution >= 4 is 21.9 Å². The monoisotopic (exact) mass is 360 g/mol. The van der Waals surface area contributed by atoms with Crippen LogP contribution in [0.1, 0.15) is 25.3 Å². The minimum Gasteiger partial charge on any atom is -0.256 e. The lowest BCUT2D eigenvalue weighted by Gasteiger charge is -2.29. The fourth-order valence-electron chi connectivity index (χ4n) is 2.78. The molecule has 6 heteroatoms. The quantitative estimate of drug-likeness (QED) is 0.774. The molecule has 2 aromatic rings. The van der Waals surface area contributed by atoms with Crippen molar-refractivity contribution in [2.45, 2.75) is 24.7 Å². The Hall–Kier alpha value is -2.05. The van der Waals surface area contributed by atoms with Gasteiger partial charge in [-0.1, -0.05) is 19.1 Å². The minimum atomic E-state index is -3.43. The van der Waals surface area contributed by atoms with Crippen LogP contribution in [0.15, 0.2) is 58.4 Å². The standard InChI is InChI=1S/C19H21FN2O2S/c1-15-10-12-22(13-11-15)25(23,24)19-8-6-18(7-9-19)21-14-16-2-4-17(20)5-3-16/h2-9,14-15H,10-13H2,1H3. The molecule has 0 bridgehead atoms. The molecule has 1 heterocycles. The summed E-state index contributed by atoms with van der Waals surface area (Å²) in [6.45, 7) is 3.31. The predicted octanol–water partition coefficient (Wildman–Crippen LogP) is 4.00. The van der Waals surface area contributed by atoms with Crippen molar-refractivity contribution in [2.24, 2.45) is 10.9 Å². The molecule has 0 saturated carbocycles. The van der Waals surface area contributed by atoms with Gasteiger partial charge in [0.25, 0.3) is 0 Å². The number of piperidine rings is 1. The average Bonchev–Trinajstić information content (AvgIpc) is 2.62. The van der Waals surface area contributed by atoms with E-state index < -0.39 is 10.0 Å². The Morgan fingerprint density at radius 3 is 2.24 bits per heavy atom. The van der Waals surface area contributed by atoms with E-state index in [9.17, 15) is 12.8 Å². The number of hydrogen-bond donors (Lipinski definition) is 0. The van der Waals surface area contributed by atoms with E-state index >= 15 is 0 Å². The lowest BCUT2D eigenvalue weighted by molar-refractivity contribution is 0.288. The van der Waals surface area contributed by atoms with Crippen LogP contribution in [-0.4, -0.2) is 32.0 Å². The number of rotatable bonds is 4. The summed E-state index contributed by atoms with van der Waals surface area (Å²) in [5.41, 5.74) is 1.43. The van der Waals surface area contributed by atoms with Crippen LogP contribution in [0, 0.1) is 11.7 Å². The molecule has 0 amide bonds. The van der Waals surface area contributed by atoms with Crippen molar-refractivity contribution in [3.8, 4) is 0 Å². The van der Waals surface area contributed by atoms with E-state index in [1.54, 1.807) is 46.9 Å². The van der Waals surface area contributed by atoms with Crippen molar-refractivity contribution in [2.75, 3.05) is 13.1 Å². The van der Waals surface area contributed by atoms with Crippen LogP contribution in [0.25, 0.3) is 0 Å². The van der Waals surface area contributed by atoms with E-state index in [2.05, 4.69) is 11.9 Å². The second-order valence-corrected chi connectivity index (χ2v) is 8.33. The zero-order valence-corrected chi connectivity index (χ0v) is 14.9. The molecule has 0 atom stereocenters. The number of sulfonamides is 1. The first-order valence-corrected chi connectivity index (χ1v) is 9.79. The molecule has 1 aliphatic heterocycles. The second kappa shape index (κ2) is 7.45. The van der Waals surface area contributed by atoms with Gasteiger partial charge in [-0.15, -0.1) is 0 Å². The Labute approximate surface area is 148 Å². The highest BCUT2D eigenvalue weighted by atomic mass is 32.2. The van der Waals surface area contributed by atoms with Crippen LogP contribution in [0.2, 0.25) is 0 Å². The van der Waals surface area contributed by atoms with E-state index in [0.717, 1.165) is 18.4 Å². The van der Waals surface area contributed by atoms with Crippen molar-refractivity contribution in [1.82, 2.24) is 4.31 Å². The lowest BCUT2D eigenvalue weighted by atomic mass is 10.0. The number of halogens is 1. The van der Waals surface area contributed by atoms with Crippen LogP contribution in [0.5, 0.6) is 0 Å². The number of nitrogens with zero attached hydrogens (tertiary/aromatic N) is 2. The third kappa shape index (κ3) is 4.32. The molecular formula is C19H21FN2O2S. The van der Waals surface area contributed by atoms with Crippen molar-refractivity contribution in [3.63, 3.8) is 0 Å². The Morgan fingerprint density at radius 1 is 1.04 bits per heavy atom. The molecule has 1 aliphatic rings. The molecule has 4 nitrogen and oxygen atoms in total. The summed E-state index contributed by atoms with van der Waals surface area (Å²) in [6, 6.07) is 12.5. The minimum absolute atomic E-state index is 0.293. The van der Waals surface area contributed by atoms with Gasteiger partial charge in [0.15, 0.2) is 0 Å². The Bertz CT molecular complexity index is 838. The fourth-order valence-corrected chi connectivity index (χ4v) is 4.25. The summed E-state index contributed by atoms with van der Waals surface area (Å²) in [6.07, 6.45) is 3.42. The first-order chi connectivity index (χ1) is 11.9. The van der Waals surface area contributed by atoms with Crippen LogP contribution in [0.4, 0.5) is 10.1 Å². The SMILES string of the molecule is CC1CCN(S(=O)(=O)c2ccc(N=Cc3ccc(F)cc3)cc2)CC1. The van der Waals surface area contributed by atoms with E-state index in [1.165, 1.54) is 12.1 Å². The Balaban J connectivity index is 1.72. The maximum Gasteiger partial charge on any atom is 0.243 e. The third-order valence-corrected chi connectivity index (χ3v) is 6.36. The summed E-state index contributed by atoms with van der Waals surface area (Å²) >= 11 is 0. The molecule has 3 rings (SSSR count). The lowest BCUT2D eigenvalue weighted by Crippen LogP contribution is -2.37. The topological polar surface area (TPSA) is 49.7 Å². The highest BCUT2D eigenvalue weighted by Gasteiger charge is 2.27. The Kier molecular flexibility index (Phi) is 5.30. The number of aliphatic imine (C=N–C) groups is 1. The normalized spacial score (nSPS) is 17.2. The molecule has 0 aromatic heterocycles. The molecule has 2 aromatic carbocycles. The molecule has 1 fully saturated rings. The van der Waals surface area contributed by atoms with E-state index in [4.69, 9.17) is 0 Å². The number of hydrogen-bond acceptors (Lipinski definition) is 3. The van der Waals surface area contributed by atoms with Gasteiger partial charge in [-0.05, 0) is 60.7 Å². The molecule has 0 radical (unpaired) electrons. The molecular weight excluding hydrogens is 339 g/mol. The summed E-state index contributed by atoms with van der Waals surface area (Å²) in [5.74, 6) is 0.286. The fraction of sp³-hybridized carbons (Fsp3) is 0.316. The van der Waals surface area contributed by atoms with Crippen molar-refractivity contribution in [3.05, 3.63) is 59.9 Å². The molecule has 0 aliphatic carbocycles. The number of benzene rings is 2. The van der Waals surface area contributed by atoms with Gasteiger partial charge in [0.2, 0.25) is 10.0 Å². The van der Waals surface area contributed by atoms with E-state index in [1.807, 2.05) is 0 Å². The van der Waals surface area contributed by atoms with Crippen molar-refractivity contribution < 1.29 is 12.8 Å². The van der Waals surface area contributed by atoms with Gasteiger partial charge in [-0.3, -0.25) is 4.99 Å². The molecule has 0 N–H and O–H groups in total. The van der Waals surface area contributed by atoms with Gasteiger partial charge in [-0.25, -0.2) is 12.8 Å². The highest BCUT2D eigenvalue weighted by molar-refractivity contribution is 7.89. The zero-order valence-electron chi connectivity index (χ0n) is 14.1. The average molecular weight is 360 g/mol. The van der Waals surface area contributed by atoms with Crippen LogP contribution < -0.4 is 0 Å². The van der Waals surface area contributed by atoms with Gasteiger partial charge < -0.3 is 0 Å². The Morgan fingerprint density at radius 2 is 1.64 bits per heavy atom. The zero-order chi connectivity index (χ0) is 17.9. The van der Waals surface area contributed by atoms with Gasteiger partial charge in [0, 0.05) is 19.3 Å². The van der Waals surface area contributed by atoms with Gasteiger partial charge in [0.05, 0.1) is 10.6 Å². The molecule has 0 spiro atoms. The summed E-state index contributed by atoms with van der Waals surface area (Å²) < 4.78 is 39.8. The van der Waals surface area contributed by atoms with E-state index in [0.29, 0.717) is 29.6 Å². The molecule has 0 unspecified atom stereocenters. The van der Waals surface area contributed by atoms with Gasteiger partial charge in [0.1, 0.15) is 5.82 Å². The largest absolute Gasteiger partial charge is 0.256 e. The van der Waals surface area contributed by atoms with Gasteiger partial charge >= 0.3 is 0 Å². The maximum atomic E-state index is 12.9. The summed E-state index contributed by atoms with van der Waals surface area (Å²) in [4.78, 5) is 4.59.